The Morgan fingerprint density at radius 2 is 1.50 bits per heavy atom. The first-order valence-corrected chi connectivity index (χ1v) is 6.58. The summed E-state index contributed by atoms with van der Waals surface area (Å²) < 4.78 is 81.8. The van der Waals surface area contributed by atoms with Crippen LogP contribution in [0.15, 0.2) is 54.6 Å². The molecule has 1 aromatic rings. The molecule has 0 fully saturated rings. The van der Waals surface area contributed by atoms with Crippen LogP contribution in [0.5, 0.6) is 0 Å². The minimum absolute atomic E-state index is 0.0282. The number of hydrogen-bond acceptors (Lipinski definition) is 0. The topological polar surface area (TPSA) is 0 Å². The Hall–Kier alpha value is -1.72. The Kier molecular flexibility index (Phi) is 5.49. The van der Waals surface area contributed by atoms with Crippen LogP contribution in [0.4, 0.5) is 26.3 Å². The summed E-state index contributed by atoms with van der Waals surface area (Å²) in [7, 11) is 0. The van der Waals surface area contributed by atoms with Crippen molar-refractivity contribution >= 4 is 0 Å². The standard InChI is InChI=1S/C16H16F6/c1-3-5-9-12(4-2)14(15(17,18)19,16(20,21)22)13-10-7-6-8-11-13/h3-4,6-8,10-11H,1,5,9H2,2H3/b12-4+. The SMILES string of the molecule is C=CCC/C(=C\C)C(c1ccccc1)(C(F)(F)F)C(F)(F)F. The maximum Gasteiger partial charge on any atom is 0.410 e. The maximum atomic E-state index is 13.6. The molecule has 122 valence electrons. The molecule has 0 radical (unpaired) electrons. The summed E-state index contributed by atoms with van der Waals surface area (Å²) in [6, 6.07) is 5.43. The van der Waals surface area contributed by atoms with Crippen LogP contribution in [0.25, 0.3) is 0 Å². The molecule has 22 heavy (non-hydrogen) atoms. The van der Waals surface area contributed by atoms with E-state index in [2.05, 4.69) is 6.58 Å². The second-order valence-electron chi connectivity index (χ2n) is 4.75. The molecular formula is C16H16F6. The lowest BCUT2D eigenvalue weighted by Gasteiger charge is -2.40. The van der Waals surface area contributed by atoms with Crippen LogP contribution >= 0.6 is 0 Å². The number of allylic oxidation sites excluding steroid dienone is 3. The van der Waals surface area contributed by atoms with E-state index < -0.39 is 28.9 Å². The second kappa shape index (κ2) is 6.58. The highest BCUT2D eigenvalue weighted by atomic mass is 19.4. The van der Waals surface area contributed by atoms with Crippen molar-refractivity contribution in [3.8, 4) is 0 Å². The molecule has 0 nitrogen and oxygen atoms in total. The second-order valence-corrected chi connectivity index (χ2v) is 4.75. The minimum Gasteiger partial charge on any atom is -0.169 e. The molecule has 0 saturated carbocycles. The smallest absolute Gasteiger partial charge is 0.169 e. The van der Waals surface area contributed by atoms with E-state index in [-0.39, 0.29) is 12.8 Å². The first-order valence-electron chi connectivity index (χ1n) is 6.58. The lowest BCUT2D eigenvalue weighted by Crippen LogP contribution is -2.55. The summed E-state index contributed by atoms with van der Waals surface area (Å²) in [6.45, 7) is 4.54. The zero-order chi connectivity index (χ0) is 17.0. The van der Waals surface area contributed by atoms with Gasteiger partial charge in [-0.05, 0) is 30.9 Å². The van der Waals surface area contributed by atoms with Gasteiger partial charge in [-0.25, -0.2) is 0 Å². The highest BCUT2D eigenvalue weighted by Gasteiger charge is 2.72. The van der Waals surface area contributed by atoms with Gasteiger partial charge in [0.25, 0.3) is 0 Å². The molecule has 0 amide bonds. The predicted octanol–water partition coefficient (Wildman–Crippen LogP) is 5.96. The maximum absolute atomic E-state index is 13.6. The Morgan fingerprint density at radius 1 is 1.00 bits per heavy atom. The van der Waals surface area contributed by atoms with Crippen LogP contribution in [0.3, 0.4) is 0 Å². The van der Waals surface area contributed by atoms with Crippen LogP contribution in [0.1, 0.15) is 25.3 Å². The Morgan fingerprint density at radius 3 is 1.86 bits per heavy atom. The first kappa shape index (κ1) is 18.3. The van der Waals surface area contributed by atoms with Gasteiger partial charge in [0, 0.05) is 0 Å². The highest BCUT2D eigenvalue weighted by Crippen LogP contribution is 2.57. The Labute approximate surface area is 125 Å². The van der Waals surface area contributed by atoms with E-state index in [1.165, 1.54) is 31.2 Å². The van der Waals surface area contributed by atoms with Crippen molar-refractivity contribution < 1.29 is 26.3 Å². The molecule has 0 unspecified atom stereocenters. The summed E-state index contributed by atoms with van der Waals surface area (Å²) in [5.41, 5.74) is -5.55. The van der Waals surface area contributed by atoms with Crippen molar-refractivity contribution in [3.63, 3.8) is 0 Å². The molecule has 0 atom stereocenters. The van der Waals surface area contributed by atoms with Crippen molar-refractivity contribution in [2.75, 3.05) is 0 Å². The molecule has 0 spiro atoms. The molecule has 0 heterocycles. The van der Waals surface area contributed by atoms with E-state index in [0.717, 1.165) is 18.2 Å². The van der Waals surface area contributed by atoms with E-state index in [9.17, 15) is 26.3 Å². The fourth-order valence-corrected chi connectivity index (χ4v) is 2.53. The molecule has 0 aliphatic heterocycles. The molecule has 1 rings (SSSR count). The average molecular weight is 322 g/mol. The van der Waals surface area contributed by atoms with Gasteiger partial charge in [0.1, 0.15) is 0 Å². The zero-order valence-electron chi connectivity index (χ0n) is 11.9. The monoisotopic (exact) mass is 322 g/mol. The van der Waals surface area contributed by atoms with E-state index in [4.69, 9.17) is 0 Å². The van der Waals surface area contributed by atoms with Crippen molar-refractivity contribution in [3.05, 3.63) is 60.2 Å². The molecule has 0 aliphatic carbocycles. The largest absolute Gasteiger partial charge is 0.410 e. The number of rotatable bonds is 5. The molecule has 0 saturated heterocycles. The Bertz CT molecular complexity index is 508. The average Bonchev–Trinajstić information content (AvgIpc) is 2.41. The summed E-state index contributed by atoms with van der Waals surface area (Å²) >= 11 is 0. The fourth-order valence-electron chi connectivity index (χ4n) is 2.53. The van der Waals surface area contributed by atoms with Crippen molar-refractivity contribution in [2.24, 2.45) is 0 Å². The van der Waals surface area contributed by atoms with E-state index in [1.807, 2.05) is 0 Å². The third-order valence-corrected chi connectivity index (χ3v) is 3.51. The minimum atomic E-state index is -5.50. The third kappa shape index (κ3) is 3.05. The zero-order valence-corrected chi connectivity index (χ0v) is 11.9. The quantitative estimate of drug-likeness (QED) is 0.463. The van der Waals surface area contributed by atoms with Gasteiger partial charge in [-0.2, -0.15) is 26.3 Å². The third-order valence-electron chi connectivity index (χ3n) is 3.51. The van der Waals surface area contributed by atoms with Gasteiger partial charge in [-0.3, -0.25) is 0 Å². The van der Waals surface area contributed by atoms with Gasteiger partial charge in [-0.15, -0.1) is 6.58 Å². The molecule has 0 bridgehead atoms. The van der Waals surface area contributed by atoms with Gasteiger partial charge in [0.2, 0.25) is 5.41 Å². The molecule has 0 aromatic heterocycles. The summed E-state index contributed by atoms with van der Waals surface area (Å²) in [5.74, 6) is 0. The van der Waals surface area contributed by atoms with Gasteiger partial charge in [-0.1, -0.05) is 42.5 Å². The number of halogens is 6. The number of hydrogen-bond donors (Lipinski definition) is 0. The van der Waals surface area contributed by atoms with Crippen molar-refractivity contribution in [1.29, 1.82) is 0 Å². The van der Waals surface area contributed by atoms with E-state index in [0.29, 0.717) is 0 Å². The first-order chi connectivity index (χ1) is 10.1. The lowest BCUT2D eigenvalue weighted by molar-refractivity contribution is -0.290. The summed E-state index contributed by atoms with van der Waals surface area (Å²) in [6.07, 6.45) is -9.15. The number of benzene rings is 1. The van der Waals surface area contributed by atoms with Crippen molar-refractivity contribution in [2.45, 2.75) is 37.5 Å². The number of alkyl halides is 6. The van der Waals surface area contributed by atoms with Gasteiger partial charge >= 0.3 is 12.4 Å². The molecule has 6 heteroatoms. The predicted molar refractivity (Wildman–Crippen MR) is 73.4 cm³/mol. The normalized spacial score (nSPS) is 14.0. The molecule has 1 aromatic carbocycles. The van der Waals surface area contributed by atoms with Gasteiger partial charge in [0.15, 0.2) is 0 Å². The van der Waals surface area contributed by atoms with Crippen LogP contribution < -0.4 is 0 Å². The highest BCUT2D eigenvalue weighted by molar-refractivity contribution is 5.41. The summed E-state index contributed by atoms with van der Waals surface area (Å²) in [5, 5.41) is 0. The van der Waals surface area contributed by atoms with Gasteiger partial charge in [0.05, 0.1) is 0 Å². The van der Waals surface area contributed by atoms with Crippen molar-refractivity contribution in [1.82, 2.24) is 0 Å². The molecule has 0 N–H and O–H groups in total. The van der Waals surface area contributed by atoms with Gasteiger partial charge < -0.3 is 0 Å². The Balaban J connectivity index is 3.72. The summed E-state index contributed by atoms with van der Waals surface area (Å²) in [4.78, 5) is 0. The van der Waals surface area contributed by atoms with E-state index >= 15 is 0 Å². The van der Waals surface area contributed by atoms with E-state index in [1.54, 1.807) is 0 Å². The van der Waals surface area contributed by atoms with Crippen LogP contribution in [-0.4, -0.2) is 12.4 Å². The van der Waals surface area contributed by atoms with Crippen LogP contribution in [-0.2, 0) is 5.41 Å². The lowest BCUT2D eigenvalue weighted by atomic mass is 9.71. The molecular weight excluding hydrogens is 306 g/mol. The fraction of sp³-hybridized carbons (Fsp3) is 0.375. The van der Waals surface area contributed by atoms with Crippen LogP contribution in [0, 0.1) is 0 Å². The van der Waals surface area contributed by atoms with Crippen LogP contribution in [0.2, 0.25) is 0 Å². The molecule has 0 aliphatic rings.